The maximum absolute atomic E-state index is 11.2. The van der Waals surface area contributed by atoms with Gasteiger partial charge in [-0.3, -0.25) is 0 Å². The van der Waals surface area contributed by atoms with E-state index in [1.165, 1.54) is 25.7 Å². The minimum atomic E-state index is -0.948. The van der Waals surface area contributed by atoms with E-state index in [9.17, 15) is 4.79 Å². The molecule has 0 aromatic heterocycles. The van der Waals surface area contributed by atoms with Crippen LogP contribution in [0.25, 0.3) is 0 Å². The normalized spacial score (nSPS) is 26.2. The molecule has 4 nitrogen and oxygen atoms in total. The zero-order valence-corrected chi connectivity index (χ0v) is 11.0. The van der Waals surface area contributed by atoms with Gasteiger partial charge in [0.05, 0.1) is 16.9 Å². The molecule has 1 aliphatic heterocycles. The number of hydrogen-bond acceptors (Lipinski definition) is 3. The Morgan fingerprint density at radius 1 is 1.26 bits per heavy atom. The molecule has 2 atom stereocenters. The van der Waals surface area contributed by atoms with E-state index in [-0.39, 0.29) is 5.56 Å². The van der Waals surface area contributed by atoms with Gasteiger partial charge in [0.1, 0.15) is 0 Å². The number of nitrogens with two attached hydrogens (primary N) is 1. The van der Waals surface area contributed by atoms with Crippen molar-refractivity contribution in [3.8, 4) is 0 Å². The molecule has 2 aliphatic rings. The summed E-state index contributed by atoms with van der Waals surface area (Å²) in [4.78, 5) is 13.4. The summed E-state index contributed by atoms with van der Waals surface area (Å²) in [6.45, 7) is 2.04. The number of piperidine rings is 1. The molecule has 0 spiro atoms. The molecule has 1 aliphatic carbocycles. The van der Waals surface area contributed by atoms with Gasteiger partial charge in [-0.15, -0.1) is 0 Å². The number of rotatable bonds is 2. The van der Waals surface area contributed by atoms with Gasteiger partial charge < -0.3 is 15.7 Å². The lowest BCUT2D eigenvalue weighted by atomic mass is 9.78. The first-order valence-corrected chi connectivity index (χ1v) is 7.02. The van der Waals surface area contributed by atoms with Crippen molar-refractivity contribution in [3.05, 3.63) is 23.8 Å². The lowest BCUT2D eigenvalue weighted by molar-refractivity contribution is 0.0698. The molecule has 1 heterocycles. The predicted octanol–water partition coefficient (Wildman–Crippen LogP) is 2.59. The van der Waals surface area contributed by atoms with E-state index >= 15 is 0 Å². The van der Waals surface area contributed by atoms with Gasteiger partial charge in [-0.25, -0.2) is 4.79 Å². The van der Waals surface area contributed by atoms with E-state index < -0.39 is 5.97 Å². The number of benzene rings is 1. The Hall–Kier alpha value is -1.71. The van der Waals surface area contributed by atoms with Crippen LogP contribution >= 0.6 is 0 Å². The van der Waals surface area contributed by atoms with E-state index in [0.717, 1.165) is 30.6 Å². The second kappa shape index (κ2) is 4.76. The SMILES string of the molecule is Nc1c(C(=O)O)cccc1N1CC2CCCC(C2)C1. The quantitative estimate of drug-likeness (QED) is 0.802. The monoisotopic (exact) mass is 260 g/mol. The van der Waals surface area contributed by atoms with Gasteiger partial charge in [-0.2, -0.15) is 0 Å². The number of carboxylic acids is 1. The molecule has 102 valence electrons. The fourth-order valence-electron chi connectivity index (χ4n) is 3.64. The van der Waals surface area contributed by atoms with Crippen LogP contribution in [0.4, 0.5) is 11.4 Å². The number of nitrogens with zero attached hydrogens (tertiary/aromatic N) is 1. The van der Waals surface area contributed by atoms with E-state index in [1.807, 2.05) is 6.07 Å². The van der Waals surface area contributed by atoms with Crippen molar-refractivity contribution in [3.63, 3.8) is 0 Å². The fourth-order valence-corrected chi connectivity index (χ4v) is 3.64. The Morgan fingerprint density at radius 3 is 2.58 bits per heavy atom. The van der Waals surface area contributed by atoms with Crippen molar-refractivity contribution in [1.29, 1.82) is 0 Å². The van der Waals surface area contributed by atoms with Gasteiger partial charge in [0.15, 0.2) is 0 Å². The van der Waals surface area contributed by atoms with Crippen molar-refractivity contribution in [2.75, 3.05) is 23.7 Å². The van der Waals surface area contributed by atoms with Crippen LogP contribution in [-0.2, 0) is 0 Å². The molecule has 2 unspecified atom stereocenters. The largest absolute Gasteiger partial charge is 0.478 e. The number of para-hydroxylation sites is 1. The molecule has 0 radical (unpaired) electrons. The highest BCUT2D eigenvalue weighted by molar-refractivity contribution is 5.97. The summed E-state index contributed by atoms with van der Waals surface area (Å²) < 4.78 is 0. The van der Waals surface area contributed by atoms with Gasteiger partial charge >= 0.3 is 5.97 Å². The number of aromatic carboxylic acids is 1. The van der Waals surface area contributed by atoms with Crippen molar-refractivity contribution in [1.82, 2.24) is 0 Å². The lowest BCUT2D eigenvalue weighted by Crippen LogP contribution is -2.43. The minimum absolute atomic E-state index is 0.216. The number of carboxylic acid groups (broad SMARTS) is 1. The molecule has 2 bridgehead atoms. The Morgan fingerprint density at radius 2 is 1.95 bits per heavy atom. The van der Waals surface area contributed by atoms with Gasteiger partial charge in [-0.05, 0) is 43.2 Å². The molecule has 19 heavy (non-hydrogen) atoms. The zero-order chi connectivity index (χ0) is 13.4. The van der Waals surface area contributed by atoms with Crippen LogP contribution in [0.5, 0.6) is 0 Å². The topological polar surface area (TPSA) is 66.6 Å². The molecule has 2 fully saturated rings. The average Bonchev–Trinajstić information content (AvgIpc) is 2.38. The van der Waals surface area contributed by atoms with Crippen LogP contribution in [0.1, 0.15) is 36.0 Å². The van der Waals surface area contributed by atoms with E-state index in [0.29, 0.717) is 5.69 Å². The van der Waals surface area contributed by atoms with Crippen molar-refractivity contribution >= 4 is 17.3 Å². The van der Waals surface area contributed by atoms with E-state index in [1.54, 1.807) is 12.1 Å². The summed E-state index contributed by atoms with van der Waals surface area (Å²) in [6.07, 6.45) is 5.26. The van der Waals surface area contributed by atoms with Crippen molar-refractivity contribution in [2.45, 2.75) is 25.7 Å². The van der Waals surface area contributed by atoms with Crippen molar-refractivity contribution in [2.24, 2.45) is 11.8 Å². The predicted molar refractivity (Wildman–Crippen MR) is 75.5 cm³/mol. The Balaban J connectivity index is 1.90. The molecular weight excluding hydrogens is 240 g/mol. The Kier molecular flexibility index (Phi) is 3.09. The number of hydrogen-bond donors (Lipinski definition) is 2. The Bertz CT molecular complexity index is 489. The van der Waals surface area contributed by atoms with Gasteiger partial charge in [0.2, 0.25) is 0 Å². The molecule has 1 aromatic carbocycles. The van der Waals surface area contributed by atoms with Crippen LogP contribution in [0.3, 0.4) is 0 Å². The van der Waals surface area contributed by atoms with Gasteiger partial charge in [0.25, 0.3) is 0 Å². The summed E-state index contributed by atoms with van der Waals surface area (Å²) in [6, 6.07) is 5.31. The maximum atomic E-state index is 11.2. The summed E-state index contributed by atoms with van der Waals surface area (Å²) in [5.41, 5.74) is 7.57. The van der Waals surface area contributed by atoms with Gasteiger partial charge in [0, 0.05) is 13.1 Å². The molecule has 1 aromatic rings. The Labute approximate surface area is 113 Å². The third-order valence-corrected chi connectivity index (χ3v) is 4.50. The van der Waals surface area contributed by atoms with Gasteiger partial charge in [-0.1, -0.05) is 12.5 Å². The molecule has 0 amide bonds. The third-order valence-electron chi connectivity index (χ3n) is 4.50. The molecule has 4 heteroatoms. The maximum Gasteiger partial charge on any atom is 0.337 e. The second-order valence-electron chi connectivity index (χ2n) is 5.85. The highest BCUT2D eigenvalue weighted by Crippen LogP contribution is 2.38. The molecule has 3 rings (SSSR count). The van der Waals surface area contributed by atoms with Crippen LogP contribution < -0.4 is 10.6 Å². The first kappa shape index (κ1) is 12.3. The lowest BCUT2D eigenvalue weighted by Gasteiger charge is -2.43. The highest BCUT2D eigenvalue weighted by atomic mass is 16.4. The molecule has 1 saturated carbocycles. The average molecular weight is 260 g/mol. The molecular formula is C15H20N2O2. The van der Waals surface area contributed by atoms with Crippen LogP contribution in [0, 0.1) is 11.8 Å². The third kappa shape index (κ3) is 2.27. The fraction of sp³-hybridized carbons (Fsp3) is 0.533. The standard InChI is InChI=1S/C15H20N2O2/c16-14-12(15(18)19)5-2-6-13(14)17-8-10-3-1-4-11(7-10)9-17/h2,5-6,10-11H,1,3-4,7-9,16H2,(H,18,19). The number of nitrogen functional groups attached to an aromatic ring is 1. The molecule has 3 N–H and O–H groups in total. The van der Waals surface area contributed by atoms with E-state index in [2.05, 4.69) is 4.90 Å². The van der Waals surface area contributed by atoms with Crippen LogP contribution in [0.2, 0.25) is 0 Å². The van der Waals surface area contributed by atoms with Crippen LogP contribution in [0.15, 0.2) is 18.2 Å². The number of carbonyl (C=O) groups is 1. The van der Waals surface area contributed by atoms with E-state index in [4.69, 9.17) is 10.8 Å². The summed E-state index contributed by atoms with van der Waals surface area (Å²) in [7, 11) is 0. The molecule has 1 saturated heterocycles. The first-order chi connectivity index (χ1) is 9.15. The smallest absolute Gasteiger partial charge is 0.337 e. The highest BCUT2D eigenvalue weighted by Gasteiger charge is 2.31. The second-order valence-corrected chi connectivity index (χ2v) is 5.85. The summed E-state index contributed by atoms with van der Waals surface area (Å²) in [5, 5.41) is 9.15. The number of anilines is 2. The van der Waals surface area contributed by atoms with Crippen molar-refractivity contribution < 1.29 is 9.90 Å². The summed E-state index contributed by atoms with van der Waals surface area (Å²) >= 11 is 0. The summed E-state index contributed by atoms with van der Waals surface area (Å²) in [5.74, 6) is 0.553. The van der Waals surface area contributed by atoms with Crippen LogP contribution in [-0.4, -0.2) is 24.2 Å². The minimum Gasteiger partial charge on any atom is -0.478 e. The zero-order valence-electron chi connectivity index (χ0n) is 11.0. The first-order valence-electron chi connectivity index (χ1n) is 7.02. The number of fused-ring (bicyclic) bond motifs is 2.